The van der Waals surface area contributed by atoms with Crippen LogP contribution in [0.1, 0.15) is 70.0 Å². The van der Waals surface area contributed by atoms with Gasteiger partial charge in [-0.25, -0.2) is 4.39 Å². The molecule has 0 fully saturated rings. The van der Waals surface area contributed by atoms with Crippen LogP contribution in [0.15, 0.2) is 18.2 Å². The van der Waals surface area contributed by atoms with E-state index in [-0.39, 0.29) is 5.82 Å². The molecule has 0 saturated carbocycles. The Morgan fingerprint density at radius 1 is 1.11 bits per heavy atom. The van der Waals surface area contributed by atoms with E-state index < -0.39 is 6.10 Å². The van der Waals surface area contributed by atoms with Crippen molar-refractivity contribution in [3.63, 3.8) is 0 Å². The Morgan fingerprint density at radius 2 is 1.74 bits per heavy atom. The van der Waals surface area contributed by atoms with E-state index in [4.69, 9.17) is 0 Å². The lowest BCUT2D eigenvalue weighted by Gasteiger charge is -2.12. The van der Waals surface area contributed by atoms with Gasteiger partial charge in [0.2, 0.25) is 0 Å². The molecule has 1 atom stereocenters. The molecule has 1 aromatic carbocycles. The highest BCUT2D eigenvalue weighted by molar-refractivity contribution is 14.1. The fraction of sp³-hybridized carbons (Fsp3) is 0.625. The second kappa shape index (κ2) is 9.70. The van der Waals surface area contributed by atoms with E-state index in [9.17, 15) is 9.50 Å². The van der Waals surface area contributed by atoms with Crippen LogP contribution in [0.3, 0.4) is 0 Å². The minimum absolute atomic E-state index is 0.240. The summed E-state index contributed by atoms with van der Waals surface area (Å²) in [6.07, 6.45) is 9.04. The molecule has 0 aliphatic heterocycles. The summed E-state index contributed by atoms with van der Waals surface area (Å²) in [5.41, 5.74) is 0.855. The molecule has 1 aromatic rings. The van der Waals surface area contributed by atoms with Gasteiger partial charge in [-0.05, 0) is 46.7 Å². The van der Waals surface area contributed by atoms with Gasteiger partial charge in [0.15, 0.2) is 0 Å². The first-order valence-electron chi connectivity index (χ1n) is 7.28. The van der Waals surface area contributed by atoms with E-state index in [2.05, 4.69) is 29.5 Å². The fourth-order valence-corrected chi connectivity index (χ4v) is 3.06. The number of hydrogen-bond donors (Lipinski definition) is 1. The Bertz CT molecular complexity index is 368. The zero-order valence-electron chi connectivity index (χ0n) is 11.7. The minimum atomic E-state index is -0.455. The standard InChI is InChI=1S/C16H24FIO/c1-2-3-4-5-6-7-8-9-16(19)14-11-10-13(17)12-15(14)18/h10-12,16,19H,2-9H2,1H3. The molecule has 3 heteroatoms. The Hall–Kier alpha value is -0.160. The number of aliphatic hydroxyl groups excluding tert-OH is 1. The number of hydrogen-bond acceptors (Lipinski definition) is 1. The Morgan fingerprint density at radius 3 is 2.37 bits per heavy atom. The minimum Gasteiger partial charge on any atom is -0.388 e. The van der Waals surface area contributed by atoms with Crippen molar-refractivity contribution in [3.8, 4) is 0 Å². The number of benzene rings is 1. The highest BCUT2D eigenvalue weighted by Gasteiger charge is 2.11. The molecule has 0 saturated heterocycles. The van der Waals surface area contributed by atoms with Crippen molar-refractivity contribution in [3.05, 3.63) is 33.1 Å². The predicted octanol–water partition coefficient (Wildman–Crippen LogP) is 5.60. The predicted molar refractivity (Wildman–Crippen MR) is 86.7 cm³/mol. The summed E-state index contributed by atoms with van der Waals surface area (Å²) in [6, 6.07) is 4.60. The summed E-state index contributed by atoms with van der Waals surface area (Å²) in [5, 5.41) is 10.1. The molecular weight excluding hydrogens is 354 g/mol. The summed E-state index contributed by atoms with van der Waals surface area (Å²) in [4.78, 5) is 0. The maximum absolute atomic E-state index is 13.0. The lowest BCUT2D eigenvalue weighted by atomic mass is 10.0. The molecule has 0 heterocycles. The largest absolute Gasteiger partial charge is 0.388 e. The summed E-state index contributed by atoms with van der Waals surface area (Å²) in [7, 11) is 0. The molecule has 1 rings (SSSR count). The molecule has 0 bridgehead atoms. The van der Waals surface area contributed by atoms with Crippen LogP contribution in [0.2, 0.25) is 0 Å². The SMILES string of the molecule is CCCCCCCCCC(O)c1ccc(F)cc1I. The number of rotatable bonds is 9. The van der Waals surface area contributed by atoms with E-state index in [1.807, 2.05) is 0 Å². The number of unbranched alkanes of at least 4 members (excludes halogenated alkanes) is 6. The lowest BCUT2D eigenvalue weighted by Crippen LogP contribution is -2.00. The van der Waals surface area contributed by atoms with Gasteiger partial charge in [0.1, 0.15) is 5.82 Å². The lowest BCUT2D eigenvalue weighted by molar-refractivity contribution is 0.162. The Balaban J connectivity index is 2.22. The smallest absolute Gasteiger partial charge is 0.124 e. The van der Waals surface area contributed by atoms with E-state index in [1.165, 1.54) is 50.7 Å². The first-order valence-corrected chi connectivity index (χ1v) is 8.36. The Kier molecular flexibility index (Phi) is 8.62. The van der Waals surface area contributed by atoms with Crippen molar-refractivity contribution in [2.24, 2.45) is 0 Å². The van der Waals surface area contributed by atoms with Crippen LogP contribution in [-0.2, 0) is 0 Å². The molecule has 0 spiro atoms. The van der Waals surface area contributed by atoms with Gasteiger partial charge in [-0.1, -0.05) is 57.9 Å². The average Bonchev–Trinajstić information content (AvgIpc) is 2.37. The molecule has 0 radical (unpaired) electrons. The topological polar surface area (TPSA) is 20.2 Å². The molecule has 108 valence electrons. The number of halogens is 2. The summed E-state index contributed by atoms with van der Waals surface area (Å²) >= 11 is 2.08. The summed E-state index contributed by atoms with van der Waals surface area (Å²) in [5.74, 6) is -0.240. The normalized spacial score (nSPS) is 12.6. The van der Waals surface area contributed by atoms with Gasteiger partial charge in [-0.15, -0.1) is 0 Å². The van der Waals surface area contributed by atoms with Crippen molar-refractivity contribution in [2.75, 3.05) is 0 Å². The van der Waals surface area contributed by atoms with Crippen molar-refractivity contribution in [1.82, 2.24) is 0 Å². The third-order valence-corrected chi connectivity index (χ3v) is 4.34. The van der Waals surface area contributed by atoms with E-state index >= 15 is 0 Å². The summed E-state index contributed by atoms with van der Waals surface area (Å²) < 4.78 is 13.8. The van der Waals surface area contributed by atoms with Gasteiger partial charge in [0.25, 0.3) is 0 Å². The molecule has 1 nitrogen and oxygen atoms in total. The van der Waals surface area contributed by atoms with Crippen LogP contribution in [0.5, 0.6) is 0 Å². The molecule has 0 aliphatic rings. The van der Waals surface area contributed by atoms with Crippen molar-refractivity contribution >= 4 is 22.6 Å². The second-order valence-corrected chi connectivity index (χ2v) is 6.25. The van der Waals surface area contributed by atoms with Gasteiger partial charge < -0.3 is 5.11 Å². The van der Waals surface area contributed by atoms with Crippen molar-refractivity contribution in [1.29, 1.82) is 0 Å². The van der Waals surface area contributed by atoms with Gasteiger partial charge in [0.05, 0.1) is 6.10 Å². The molecular formula is C16H24FIO. The molecule has 0 aromatic heterocycles. The van der Waals surface area contributed by atoms with Gasteiger partial charge in [-0.2, -0.15) is 0 Å². The third kappa shape index (κ3) is 6.70. The van der Waals surface area contributed by atoms with Gasteiger partial charge >= 0.3 is 0 Å². The fourth-order valence-electron chi connectivity index (χ4n) is 2.22. The van der Waals surface area contributed by atoms with Crippen LogP contribution in [0.25, 0.3) is 0 Å². The number of aliphatic hydroxyl groups is 1. The highest BCUT2D eigenvalue weighted by Crippen LogP contribution is 2.25. The molecule has 0 aliphatic carbocycles. The van der Waals surface area contributed by atoms with Crippen LogP contribution in [0, 0.1) is 9.39 Å². The Labute approximate surface area is 129 Å². The molecule has 1 N–H and O–H groups in total. The third-order valence-electron chi connectivity index (χ3n) is 3.40. The second-order valence-electron chi connectivity index (χ2n) is 5.09. The van der Waals surface area contributed by atoms with Crippen LogP contribution in [-0.4, -0.2) is 5.11 Å². The maximum atomic E-state index is 13.0. The first-order chi connectivity index (χ1) is 9.15. The molecule has 0 amide bonds. The monoisotopic (exact) mass is 378 g/mol. The van der Waals surface area contributed by atoms with E-state index in [0.717, 1.165) is 22.0 Å². The van der Waals surface area contributed by atoms with Crippen molar-refractivity contribution in [2.45, 2.75) is 64.4 Å². The van der Waals surface area contributed by atoms with Crippen LogP contribution in [0.4, 0.5) is 4.39 Å². The molecule has 1 unspecified atom stereocenters. The van der Waals surface area contributed by atoms with Crippen LogP contribution < -0.4 is 0 Å². The first kappa shape index (κ1) is 16.9. The zero-order chi connectivity index (χ0) is 14.1. The van der Waals surface area contributed by atoms with Crippen molar-refractivity contribution < 1.29 is 9.50 Å². The quantitative estimate of drug-likeness (QED) is 0.438. The average molecular weight is 378 g/mol. The van der Waals surface area contributed by atoms with Gasteiger partial charge in [-0.3, -0.25) is 0 Å². The van der Waals surface area contributed by atoms with E-state index in [1.54, 1.807) is 6.07 Å². The summed E-state index contributed by atoms with van der Waals surface area (Å²) in [6.45, 7) is 2.22. The van der Waals surface area contributed by atoms with E-state index in [0.29, 0.717) is 0 Å². The molecule has 19 heavy (non-hydrogen) atoms. The van der Waals surface area contributed by atoms with Gasteiger partial charge in [0, 0.05) is 3.57 Å². The van der Waals surface area contributed by atoms with Crippen LogP contribution >= 0.6 is 22.6 Å². The zero-order valence-corrected chi connectivity index (χ0v) is 13.8. The highest BCUT2D eigenvalue weighted by atomic mass is 127. The maximum Gasteiger partial charge on any atom is 0.124 e.